The van der Waals surface area contributed by atoms with Gasteiger partial charge >= 0.3 is 5.69 Å². The Morgan fingerprint density at radius 1 is 1.04 bits per heavy atom. The van der Waals surface area contributed by atoms with Gasteiger partial charge in [0.15, 0.2) is 0 Å². The molecule has 9 heteroatoms. The van der Waals surface area contributed by atoms with Gasteiger partial charge in [-0.25, -0.2) is 0 Å². The van der Waals surface area contributed by atoms with E-state index in [1.165, 1.54) is 18.3 Å². The summed E-state index contributed by atoms with van der Waals surface area (Å²) in [5.41, 5.74) is 3.81. The number of anilines is 2. The Kier molecular flexibility index (Phi) is 6.20. The van der Waals surface area contributed by atoms with Crippen LogP contribution in [0.5, 0.6) is 0 Å². The SMILES string of the molecule is CCN(CC)c1ccc(/C=N/Nc2ccc([N+](=O)[O-])cc2[N+](=O)[O-])cc1. The second kappa shape index (κ2) is 8.56. The highest BCUT2D eigenvalue weighted by atomic mass is 16.6. The van der Waals surface area contributed by atoms with Crippen molar-refractivity contribution in [3.8, 4) is 0 Å². The third-order valence-electron chi connectivity index (χ3n) is 3.81. The second-order valence-electron chi connectivity index (χ2n) is 5.35. The molecular formula is C17H19N5O4. The van der Waals surface area contributed by atoms with Crippen LogP contribution in [-0.4, -0.2) is 29.2 Å². The molecule has 0 radical (unpaired) electrons. The number of benzene rings is 2. The fourth-order valence-corrected chi connectivity index (χ4v) is 2.42. The van der Waals surface area contributed by atoms with Gasteiger partial charge in [0.25, 0.3) is 5.69 Å². The summed E-state index contributed by atoms with van der Waals surface area (Å²) in [7, 11) is 0. The third-order valence-corrected chi connectivity index (χ3v) is 3.81. The Labute approximate surface area is 150 Å². The van der Waals surface area contributed by atoms with Gasteiger partial charge in [-0.05, 0) is 37.6 Å². The van der Waals surface area contributed by atoms with Crippen LogP contribution in [0.3, 0.4) is 0 Å². The molecule has 0 unspecified atom stereocenters. The highest BCUT2D eigenvalue weighted by Crippen LogP contribution is 2.28. The minimum absolute atomic E-state index is 0.0802. The topological polar surface area (TPSA) is 114 Å². The van der Waals surface area contributed by atoms with E-state index in [-0.39, 0.29) is 11.4 Å². The average Bonchev–Trinajstić information content (AvgIpc) is 2.64. The van der Waals surface area contributed by atoms with Gasteiger partial charge in [0.1, 0.15) is 5.69 Å². The standard InChI is InChI=1S/C17H19N5O4/c1-3-20(4-2)14-7-5-13(6-8-14)12-18-19-16-10-9-15(21(23)24)11-17(16)22(25)26/h5-12,19H,3-4H2,1-2H3/b18-12+. The molecule has 0 aliphatic rings. The molecule has 0 bridgehead atoms. The van der Waals surface area contributed by atoms with Crippen LogP contribution < -0.4 is 10.3 Å². The first-order valence-corrected chi connectivity index (χ1v) is 8.03. The molecule has 9 nitrogen and oxygen atoms in total. The molecule has 0 spiro atoms. The summed E-state index contributed by atoms with van der Waals surface area (Å²) in [6.07, 6.45) is 1.52. The molecule has 0 aromatic heterocycles. The molecule has 0 atom stereocenters. The van der Waals surface area contributed by atoms with Crippen LogP contribution in [0.25, 0.3) is 0 Å². The van der Waals surface area contributed by atoms with Crippen molar-refractivity contribution in [1.29, 1.82) is 0 Å². The smallest absolute Gasteiger partial charge is 0.301 e. The molecule has 0 saturated carbocycles. The molecule has 26 heavy (non-hydrogen) atoms. The number of nitrogens with one attached hydrogen (secondary N) is 1. The Morgan fingerprint density at radius 3 is 2.23 bits per heavy atom. The van der Waals surface area contributed by atoms with Crippen LogP contribution in [0.15, 0.2) is 47.6 Å². The first kappa shape index (κ1) is 18.8. The van der Waals surface area contributed by atoms with E-state index in [1.54, 1.807) is 0 Å². The van der Waals surface area contributed by atoms with E-state index in [4.69, 9.17) is 0 Å². The number of nitrogens with zero attached hydrogens (tertiary/aromatic N) is 4. The van der Waals surface area contributed by atoms with Crippen molar-refractivity contribution in [1.82, 2.24) is 0 Å². The highest BCUT2D eigenvalue weighted by Gasteiger charge is 2.19. The maximum Gasteiger partial charge on any atom is 0.301 e. The molecule has 1 N–H and O–H groups in total. The van der Waals surface area contributed by atoms with Crippen molar-refractivity contribution in [2.45, 2.75) is 13.8 Å². The van der Waals surface area contributed by atoms with Crippen molar-refractivity contribution in [2.24, 2.45) is 5.10 Å². The summed E-state index contributed by atoms with van der Waals surface area (Å²) in [6, 6.07) is 11.1. The number of nitro benzene ring substituents is 2. The predicted molar refractivity (Wildman–Crippen MR) is 101 cm³/mol. The van der Waals surface area contributed by atoms with Gasteiger partial charge < -0.3 is 4.90 Å². The van der Waals surface area contributed by atoms with Crippen LogP contribution in [0.4, 0.5) is 22.7 Å². The van der Waals surface area contributed by atoms with Gasteiger partial charge in [0.2, 0.25) is 0 Å². The number of hydrogen-bond donors (Lipinski definition) is 1. The number of hydrazone groups is 1. The summed E-state index contributed by atoms with van der Waals surface area (Å²) < 4.78 is 0. The lowest BCUT2D eigenvalue weighted by atomic mass is 10.2. The summed E-state index contributed by atoms with van der Waals surface area (Å²) in [4.78, 5) is 22.6. The van der Waals surface area contributed by atoms with E-state index in [9.17, 15) is 20.2 Å². The molecule has 2 rings (SSSR count). The highest BCUT2D eigenvalue weighted by molar-refractivity contribution is 5.81. The Bertz CT molecular complexity index is 816. The van der Waals surface area contributed by atoms with Gasteiger partial charge in [-0.2, -0.15) is 5.10 Å². The van der Waals surface area contributed by atoms with Crippen LogP contribution in [-0.2, 0) is 0 Å². The first-order chi connectivity index (χ1) is 12.5. The van der Waals surface area contributed by atoms with Crippen molar-refractivity contribution in [3.63, 3.8) is 0 Å². The molecule has 2 aromatic rings. The number of hydrogen-bond acceptors (Lipinski definition) is 7. The van der Waals surface area contributed by atoms with Crippen LogP contribution in [0, 0.1) is 20.2 Å². The minimum Gasteiger partial charge on any atom is -0.372 e. The van der Waals surface area contributed by atoms with Gasteiger partial charge in [0.05, 0.1) is 22.1 Å². The van der Waals surface area contributed by atoms with Gasteiger partial charge in [-0.1, -0.05) is 12.1 Å². The van der Waals surface area contributed by atoms with Crippen molar-refractivity contribution >= 4 is 29.0 Å². The van der Waals surface area contributed by atoms with Gasteiger partial charge in [0, 0.05) is 24.8 Å². The molecule has 2 aromatic carbocycles. The van der Waals surface area contributed by atoms with Gasteiger partial charge in [-0.15, -0.1) is 0 Å². The van der Waals surface area contributed by atoms with Gasteiger partial charge in [-0.3, -0.25) is 25.7 Å². The molecule has 0 amide bonds. The van der Waals surface area contributed by atoms with E-state index in [0.717, 1.165) is 30.4 Å². The fraction of sp³-hybridized carbons (Fsp3) is 0.235. The Hall–Kier alpha value is -3.49. The lowest BCUT2D eigenvalue weighted by Crippen LogP contribution is -2.21. The maximum atomic E-state index is 11.1. The van der Waals surface area contributed by atoms with E-state index >= 15 is 0 Å². The Morgan fingerprint density at radius 2 is 1.69 bits per heavy atom. The van der Waals surface area contributed by atoms with E-state index in [0.29, 0.717) is 0 Å². The predicted octanol–water partition coefficient (Wildman–Crippen LogP) is 3.80. The fourth-order valence-electron chi connectivity index (χ4n) is 2.42. The summed E-state index contributed by atoms with van der Waals surface area (Å²) >= 11 is 0. The maximum absolute atomic E-state index is 11.1. The quantitative estimate of drug-likeness (QED) is 0.437. The average molecular weight is 357 g/mol. The lowest BCUT2D eigenvalue weighted by Gasteiger charge is -2.20. The lowest BCUT2D eigenvalue weighted by molar-refractivity contribution is -0.393. The van der Waals surface area contributed by atoms with Crippen LogP contribution in [0.1, 0.15) is 19.4 Å². The first-order valence-electron chi connectivity index (χ1n) is 8.03. The summed E-state index contributed by atoms with van der Waals surface area (Å²) in [5, 5.41) is 25.8. The molecule has 0 fully saturated rings. The monoisotopic (exact) mass is 357 g/mol. The number of nitro groups is 2. The third kappa shape index (κ3) is 4.53. The normalized spacial score (nSPS) is 10.7. The Balaban J connectivity index is 2.13. The zero-order chi connectivity index (χ0) is 19.1. The second-order valence-corrected chi connectivity index (χ2v) is 5.35. The minimum atomic E-state index is -0.691. The zero-order valence-corrected chi connectivity index (χ0v) is 14.5. The molecule has 136 valence electrons. The summed E-state index contributed by atoms with van der Waals surface area (Å²) in [6.45, 7) is 5.99. The van der Waals surface area contributed by atoms with Crippen molar-refractivity contribution in [2.75, 3.05) is 23.4 Å². The number of non-ortho nitro benzene ring substituents is 1. The van der Waals surface area contributed by atoms with Crippen molar-refractivity contribution < 1.29 is 9.85 Å². The van der Waals surface area contributed by atoms with Crippen molar-refractivity contribution in [3.05, 3.63) is 68.3 Å². The summed E-state index contributed by atoms with van der Waals surface area (Å²) in [5.74, 6) is 0. The van der Waals surface area contributed by atoms with Crippen LogP contribution >= 0.6 is 0 Å². The molecule has 0 aliphatic carbocycles. The van der Waals surface area contributed by atoms with E-state index in [1.807, 2.05) is 24.3 Å². The molecular weight excluding hydrogens is 338 g/mol. The van der Waals surface area contributed by atoms with Crippen LogP contribution in [0.2, 0.25) is 0 Å². The zero-order valence-electron chi connectivity index (χ0n) is 14.5. The molecule has 0 heterocycles. The molecule has 0 aliphatic heterocycles. The van der Waals surface area contributed by atoms with E-state index in [2.05, 4.69) is 29.3 Å². The largest absolute Gasteiger partial charge is 0.372 e. The molecule has 0 saturated heterocycles. The number of rotatable bonds is 8. The van der Waals surface area contributed by atoms with E-state index < -0.39 is 15.5 Å².